The standard InChI is InChI=1S/C22H26F3N7O/c1-3-4-18-19-17(20(33)32(29-18)14-22(23,24)25)13-26-21(28-19)27-15-5-7-16(8-6-15)31-11-9-30(2)10-12-31/h5-8,13H,3-4,9-12,14H2,1-2H3,(H,26,27,28). The average molecular weight is 461 g/mol. The Morgan fingerprint density at radius 3 is 2.42 bits per heavy atom. The molecule has 11 heteroatoms. The molecule has 8 nitrogen and oxygen atoms in total. The number of benzene rings is 1. The van der Waals surface area contributed by atoms with E-state index in [0.717, 1.165) is 37.6 Å². The first-order valence-corrected chi connectivity index (χ1v) is 10.9. The van der Waals surface area contributed by atoms with Crippen molar-refractivity contribution in [2.24, 2.45) is 0 Å². The van der Waals surface area contributed by atoms with E-state index in [2.05, 4.69) is 37.2 Å². The Morgan fingerprint density at radius 1 is 1.09 bits per heavy atom. The highest BCUT2D eigenvalue weighted by Gasteiger charge is 2.30. The number of nitrogens with zero attached hydrogens (tertiary/aromatic N) is 6. The van der Waals surface area contributed by atoms with Gasteiger partial charge in [0.15, 0.2) is 0 Å². The van der Waals surface area contributed by atoms with Crippen LogP contribution in [-0.2, 0) is 13.0 Å². The van der Waals surface area contributed by atoms with Crippen molar-refractivity contribution in [2.75, 3.05) is 43.4 Å². The summed E-state index contributed by atoms with van der Waals surface area (Å²) in [7, 11) is 2.11. The van der Waals surface area contributed by atoms with Crippen LogP contribution in [0, 0.1) is 0 Å². The molecule has 1 N–H and O–H groups in total. The molecule has 0 amide bonds. The topological polar surface area (TPSA) is 79.2 Å². The van der Waals surface area contributed by atoms with Gasteiger partial charge in [-0.15, -0.1) is 0 Å². The molecule has 176 valence electrons. The van der Waals surface area contributed by atoms with E-state index in [1.54, 1.807) is 0 Å². The van der Waals surface area contributed by atoms with E-state index in [1.165, 1.54) is 6.20 Å². The average Bonchev–Trinajstić information content (AvgIpc) is 2.77. The molecule has 0 atom stereocenters. The molecule has 4 rings (SSSR count). The van der Waals surface area contributed by atoms with Crippen molar-refractivity contribution in [3.8, 4) is 0 Å². The lowest BCUT2D eigenvalue weighted by molar-refractivity contribution is -0.143. The van der Waals surface area contributed by atoms with Gasteiger partial charge >= 0.3 is 6.18 Å². The SMILES string of the molecule is CCCc1nn(CC(F)(F)F)c(=O)c2cnc(Nc3ccc(N4CCN(C)CC4)cc3)nc12. The maximum absolute atomic E-state index is 12.9. The first-order valence-electron chi connectivity index (χ1n) is 10.9. The summed E-state index contributed by atoms with van der Waals surface area (Å²) in [5, 5.41) is 7.08. The Morgan fingerprint density at radius 2 is 1.79 bits per heavy atom. The maximum atomic E-state index is 12.9. The maximum Gasteiger partial charge on any atom is 0.408 e. The molecule has 0 bridgehead atoms. The van der Waals surface area contributed by atoms with Gasteiger partial charge in [0.05, 0.1) is 11.1 Å². The number of alkyl halides is 3. The van der Waals surface area contributed by atoms with Crippen molar-refractivity contribution in [2.45, 2.75) is 32.5 Å². The number of aryl methyl sites for hydroxylation is 1. The van der Waals surface area contributed by atoms with Gasteiger partial charge in [-0.2, -0.15) is 18.3 Å². The zero-order chi connectivity index (χ0) is 23.6. The van der Waals surface area contributed by atoms with E-state index in [-0.39, 0.29) is 16.9 Å². The highest BCUT2D eigenvalue weighted by Crippen LogP contribution is 2.23. The van der Waals surface area contributed by atoms with Crippen LogP contribution in [0.25, 0.3) is 10.9 Å². The number of hydrogen-bond donors (Lipinski definition) is 1. The van der Waals surface area contributed by atoms with E-state index < -0.39 is 18.3 Å². The summed E-state index contributed by atoms with van der Waals surface area (Å²) in [5.74, 6) is 0.252. The summed E-state index contributed by atoms with van der Waals surface area (Å²) in [4.78, 5) is 25.7. The molecule has 33 heavy (non-hydrogen) atoms. The van der Waals surface area contributed by atoms with Crippen LogP contribution in [0.15, 0.2) is 35.3 Å². The molecular formula is C22H26F3N7O. The number of rotatable bonds is 6. The van der Waals surface area contributed by atoms with Crippen LogP contribution in [0.1, 0.15) is 19.0 Å². The molecule has 0 spiro atoms. The number of piperazine rings is 1. The lowest BCUT2D eigenvalue weighted by Crippen LogP contribution is -2.44. The highest BCUT2D eigenvalue weighted by molar-refractivity contribution is 5.80. The van der Waals surface area contributed by atoms with Crippen LogP contribution in [0.5, 0.6) is 0 Å². The van der Waals surface area contributed by atoms with Gasteiger partial charge in [0.25, 0.3) is 5.56 Å². The van der Waals surface area contributed by atoms with E-state index in [1.807, 2.05) is 31.2 Å². The summed E-state index contributed by atoms with van der Waals surface area (Å²) in [6, 6.07) is 7.89. The largest absolute Gasteiger partial charge is 0.408 e. The minimum absolute atomic E-state index is 0.0219. The molecule has 3 heterocycles. The predicted octanol–water partition coefficient (Wildman–Crippen LogP) is 3.20. The Hall–Kier alpha value is -3.21. The van der Waals surface area contributed by atoms with Gasteiger partial charge in [0, 0.05) is 43.8 Å². The molecule has 3 aromatic rings. The van der Waals surface area contributed by atoms with Gasteiger partial charge in [-0.25, -0.2) is 14.6 Å². The van der Waals surface area contributed by atoms with E-state index in [0.29, 0.717) is 23.2 Å². The first-order chi connectivity index (χ1) is 15.7. The van der Waals surface area contributed by atoms with E-state index in [4.69, 9.17) is 0 Å². The third-order valence-electron chi connectivity index (χ3n) is 5.58. The third kappa shape index (κ3) is 5.41. The van der Waals surface area contributed by atoms with Crippen LogP contribution in [0.2, 0.25) is 0 Å². The first kappa shape index (κ1) is 23.0. The quantitative estimate of drug-likeness (QED) is 0.604. The van der Waals surface area contributed by atoms with Gasteiger partial charge in [-0.05, 0) is 37.7 Å². The summed E-state index contributed by atoms with van der Waals surface area (Å²) in [6.45, 7) is 4.41. The zero-order valence-corrected chi connectivity index (χ0v) is 18.6. The minimum Gasteiger partial charge on any atom is -0.369 e. The van der Waals surface area contributed by atoms with Crippen LogP contribution in [0.3, 0.4) is 0 Å². The zero-order valence-electron chi connectivity index (χ0n) is 18.6. The molecule has 2 aromatic heterocycles. The number of aromatic nitrogens is 4. The number of hydrogen-bond acceptors (Lipinski definition) is 7. The van der Waals surface area contributed by atoms with E-state index >= 15 is 0 Å². The van der Waals surface area contributed by atoms with Crippen molar-refractivity contribution in [3.05, 3.63) is 46.5 Å². The lowest BCUT2D eigenvalue weighted by Gasteiger charge is -2.34. The fraction of sp³-hybridized carbons (Fsp3) is 0.455. The van der Waals surface area contributed by atoms with Gasteiger partial charge in [0.1, 0.15) is 12.1 Å². The van der Waals surface area contributed by atoms with Crippen LogP contribution in [0.4, 0.5) is 30.5 Å². The summed E-state index contributed by atoms with van der Waals surface area (Å²) in [6.07, 6.45) is -2.25. The predicted molar refractivity (Wildman–Crippen MR) is 121 cm³/mol. The number of nitrogens with one attached hydrogen (secondary N) is 1. The molecule has 0 radical (unpaired) electrons. The Kier molecular flexibility index (Phi) is 6.50. The monoisotopic (exact) mass is 461 g/mol. The lowest BCUT2D eigenvalue weighted by atomic mass is 10.2. The van der Waals surface area contributed by atoms with Gasteiger partial charge in [-0.3, -0.25) is 4.79 Å². The smallest absolute Gasteiger partial charge is 0.369 e. The molecule has 1 aliphatic heterocycles. The molecule has 0 unspecified atom stereocenters. The molecule has 1 aromatic carbocycles. The van der Waals surface area contributed by atoms with Crippen molar-refractivity contribution in [3.63, 3.8) is 0 Å². The highest BCUT2D eigenvalue weighted by atomic mass is 19.4. The van der Waals surface area contributed by atoms with Crippen molar-refractivity contribution in [1.29, 1.82) is 0 Å². The number of halogens is 3. The second kappa shape index (κ2) is 9.34. The van der Waals surface area contributed by atoms with E-state index in [9.17, 15) is 18.0 Å². The normalized spacial score (nSPS) is 15.2. The summed E-state index contributed by atoms with van der Waals surface area (Å²) < 4.78 is 39.0. The number of anilines is 3. The molecule has 0 saturated carbocycles. The van der Waals surface area contributed by atoms with Gasteiger partial charge in [0.2, 0.25) is 5.95 Å². The Balaban J connectivity index is 1.59. The number of likely N-dealkylation sites (N-methyl/N-ethyl adjacent to an activating group) is 1. The summed E-state index contributed by atoms with van der Waals surface area (Å²) >= 11 is 0. The molecular weight excluding hydrogens is 435 g/mol. The number of fused-ring (bicyclic) bond motifs is 1. The van der Waals surface area contributed by atoms with Crippen LogP contribution in [-0.4, -0.2) is 64.1 Å². The Bertz CT molecular complexity index is 1170. The van der Waals surface area contributed by atoms with Gasteiger partial charge in [-0.1, -0.05) is 13.3 Å². The van der Waals surface area contributed by atoms with Gasteiger partial charge < -0.3 is 15.1 Å². The minimum atomic E-state index is -4.55. The molecule has 0 aliphatic carbocycles. The second-order valence-electron chi connectivity index (χ2n) is 8.19. The van der Waals surface area contributed by atoms with Crippen LogP contribution < -0.4 is 15.8 Å². The van der Waals surface area contributed by atoms with Crippen molar-refractivity contribution >= 4 is 28.2 Å². The van der Waals surface area contributed by atoms with Crippen molar-refractivity contribution < 1.29 is 13.2 Å². The fourth-order valence-electron chi connectivity index (χ4n) is 3.83. The Labute approximate surface area is 189 Å². The molecule has 1 aliphatic rings. The van der Waals surface area contributed by atoms with Crippen molar-refractivity contribution in [1.82, 2.24) is 24.6 Å². The second-order valence-corrected chi connectivity index (χ2v) is 8.19. The molecule has 1 fully saturated rings. The molecule has 1 saturated heterocycles. The fourth-order valence-corrected chi connectivity index (χ4v) is 3.83. The summed E-state index contributed by atoms with van der Waals surface area (Å²) in [5.41, 5.74) is 1.65. The third-order valence-corrected chi connectivity index (χ3v) is 5.58. The van der Waals surface area contributed by atoms with Crippen LogP contribution >= 0.6 is 0 Å².